The quantitative estimate of drug-likeness (QED) is 0.824. The van der Waals surface area contributed by atoms with Crippen LogP contribution in [-0.2, 0) is 6.54 Å². The highest BCUT2D eigenvalue weighted by atomic mass is 35.5. The van der Waals surface area contributed by atoms with E-state index in [-0.39, 0.29) is 16.7 Å². The molecule has 1 aromatic heterocycles. The Morgan fingerprint density at radius 1 is 1.15 bits per heavy atom. The van der Waals surface area contributed by atoms with Crippen LogP contribution < -0.4 is 0 Å². The summed E-state index contributed by atoms with van der Waals surface area (Å²) in [6, 6.07) is 8.84. The number of amides is 1. The Hall–Kier alpha value is -1.98. The van der Waals surface area contributed by atoms with E-state index in [0.717, 1.165) is 31.5 Å². The Balaban J connectivity index is 1.49. The van der Waals surface area contributed by atoms with Gasteiger partial charge in [-0.25, -0.2) is 4.39 Å². The van der Waals surface area contributed by atoms with Crippen LogP contribution in [0.1, 0.15) is 28.8 Å². The topological polar surface area (TPSA) is 36.4 Å². The molecule has 0 radical (unpaired) electrons. The van der Waals surface area contributed by atoms with E-state index >= 15 is 0 Å². The van der Waals surface area contributed by atoms with Crippen LogP contribution in [-0.4, -0.2) is 46.4 Å². The zero-order valence-electron chi connectivity index (χ0n) is 14.4. The Kier molecular flexibility index (Phi) is 4.92. The van der Waals surface area contributed by atoms with Gasteiger partial charge in [0.1, 0.15) is 5.82 Å². The van der Waals surface area contributed by atoms with Gasteiger partial charge in [-0.1, -0.05) is 17.7 Å². The molecule has 0 spiro atoms. The number of fused-ring (bicyclic) bond motifs is 4. The summed E-state index contributed by atoms with van der Waals surface area (Å²) in [6.07, 6.45) is 5.51. The van der Waals surface area contributed by atoms with Crippen molar-refractivity contribution in [2.24, 2.45) is 5.92 Å². The molecule has 3 fully saturated rings. The maximum atomic E-state index is 13.7. The molecule has 0 aliphatic carbocycles. The highest BCUT2D eigenvalue weighted by Crippen LogP contribution is 2.30. The highest BCUT2D eigenvalue weighted by molar-refractivity contribution is 6.30. The van der Waals surface area contributed by atoms with Gasteiger partial charge in [0.15, 0.2) is 0 Å². The second-order valence-electron chi connectivity index (χ2n) is 7.22. The average Bonchev–Trinajstić information content (AvgIpc) is 2.97. The Labute approximate surface area is 157 Å². The molecule has 3 saturated heterocycles. The van der Waals surface area contributed by atoms with Gasteiger partial charge in [0.25, 0.3) is 5.91 Å². The Morgan fingerprint density at radius 2 is 1.96 bits per heavy atom. The monoisotopic (exact) mass is 373 g/mol. The van der Waals surface area contributed by atoms with Gasteiger partial charge in [-0.2, -0.15) is 0 Å². The Morgan fingerprint density at radius 3 is 2.73 bits per heavy atom. The lowest BCUT2D eigenvalue weighted by molar-refractivity contribution is 0.0736. The number of benzene rings is 1. The molecule has 2 atom stereocenters. The largest absolute Gasteiger partial charge is 0.337 e. The summed E-state index contributed by atoms with van der Waals surface area (Å²) >= 11 is 5.79. The number of halogens is 2. The molecular weight excluding hydrogens is 353 g/mol. The van der Waals surface area contributed by atoms with E-state index in [4.69, 9.17) is 11.6 Å². The van der Waals surface area contributed by atoms with Crippen LogP contribution in [0.15, 0.2) is 42.7 Å². The SMILES string of the molecule is O=C(c1ccncc1)N1C[C@@H]2CC[C@H](C1)N(Cc1ccc(Cl)c(F)c1)C2. The number of piperidine rings is 1. The van der Waals surface area contributed by atoms with Crippen LogP contribution >= 0.6 is 11.6 Å². The van der Waals surface area contributed by atoms with Crippen molar-refractivity contribution >= 4 is 17.5 Å². The minimum atomic E-state index is -0.376. The summed E-state index contributed by atoms with van der Waals surface area (Å²) < 4.78 is 13.7. The lowest BCUT2D eigenvalue weighted by atomic mass is 9.94. The molecular formula is C20H21ClFN3O. The predicted octanol–water partition coefficient (Wildman–Crippen LogP) is 3.61. The third-order valence-electron chi connectivity index (χ3n) is 5.41. The number of carbonyl (C=O) groups excluding carboxylic acids is 1. The van der Waals surface area contributed by atoms with Crippen molar-refractivity contribution in [3.8, 4) is 0 Å². The van der Waals surface area contributed by atoms with Crippen molar-refractivity contribution in [3.05, 3.63) is 64.7 Å². The average molecular weight is 374 g/mol. The molecule has 2 aromatic rings. The molecule has 6 heteroatoms. The molecule has 4 nitrogen and oxygen atoms in total. The van der Waals surface area contributed by atoms with E-state index in [1.54, 1.807) is 30.6 Å². The van der Waals surface area contributed by atoms with E-state index < -0.39 is 0 Å². The van der Waals surface area contributed by atoms with E-state index in [9.17, 15) is 9.18 Å². The molecule has 0 saturated carbocycles. The molecule has 0 N–H and O–H groups in total. The number of pyridine rings is 1. The van der Waals surface area contributed by atoms with Gasteiger partial charge in [0, 0.05) is 50.2 Å². The van der Waals surface area contributed by atoms with E-state index in [2.05, 4.69) is 9.88 Å². The molecule has 4 heterocycles. The van der Waals surface area contributed by atoms with E-state index in [0.29, 0.717) is 30.6 Å². The second-order valence-corrected chi connectivity index (χ2v) is 7.63. The molecule has 3 aliphatic rings. The predicted molar refractivity (Wildman–Crippen MR) is 98.5 cm³/mol. The number of nitrogens with zero attached hydrogens (tertiary/aromatic N) is 3. The number of aromatic nitrogens is 1. The minimum Gasteiger partial charge on any atom is -0.337 e. The lowest BCUT2D eigenvalue weighted by Gasteiger charge is -2.36. The molecule has 26 heavy (non-hydrogen) atoms. The first kappa shape index (κ1) is 17.4. The molecule has 1 aromatic carbocycles. The molecule has 5 rings (SSSR count). The van der Waals surface area contributed by atoms with Crippen molar-refractivity contribution in [1.82, 2.24) is 14.8 Å². The van der Waals surface area contributed by atoms with Crippen LogP contribution in [0.25, 0.3) is 0 Å². The fraction of sp³-hybridized carbons (Fsp3) is 0.400. The van der Waals surface area contributed by atoms with Crippen LogP contribution in [0.3, 0.4) is 0 Å². The van der Waals surface area contributed by atoms with Crippen molar-refractivity contribution in [3.63, 3.8) is 0 Å². The van der Waals surface area contributed by atoms with Gasteiger partial charge >= 0.3 is 0 Å². The molecule has 2 bridgehead atoms. The first-order valence-electron chi connectivity index (χ1n) is 8.97. The summed E-state index contributed by atoms with van der Waals surface area (Å²) in [4.78, 5) is 21.2. The first-order chi connectivity index (χ1) is 12.6. The second kappa shape index (κ2) is 7.33. The summed E-state index contributed by atoms with van der Waals surface area (Å²) in [7, 11) is 0. The van der Waals surface area contributed by atoms with Crippen molar-refractivity contribution in [2.75, 3.05) is 19.6 Å². The number of rotatable bonds is 3. The van der Waals surface area contributed by atoms with Crippen LogP contribution in [0.5, 0.6) is 0 Å². The standard InChI is InChI=1S/C20H21ClFN3O/c21-18-4-2-14(9-19(18)22)10-24-11-15-1-3-17(24)13-25(12-15)20(26)16-5-7-23-8-6-16/h2,4-9,15,17H,1,3,10-13H2/t15-,17-/m1/s1. The zero-order chi connectivity index (χ0) is 18.1. The maximum Gasteiger partial charge on any atom is 0.254 e. The highest BCUT2D eigenvalue weighted by Gasteiger charge is 2.36. The van der Waals surface area contributed by atoms with Gasteiger partial charge < -0.3 is 4.90 Å². The van der Waals surface area contributed by atoms with Gasteiger partial charge in [0.05, 0.1) is 5.02 Å². The van der Waals surface area contributed by atoms with Crippen molar-refractivity contribution < 1.29 is 9.18 Å². The van der Waals surface area contributed by atoms with E-state index in [1.165, 1.54) is 6.07 Å². The molecule has 136 valence electrons. The third-order valence-corrected chi connectivity index (χ3v) is 5.72. The molecule has 0 unspecified atom stereocenters. The van der Waals surface area contributed by atoms with Gasteiger partial charge in [0.2, 0.25) is 0 Å². The summed E-state index contributed by atoms with van der Waals surface area (Å²) in [5, 5.41) is 0.153. The summed E-state index contributed by atoms with van der Waals surface area (Å²) in [5.41, 5.74) is 1.61. The third kappa shape index (κ3) is 3.60. The Bertz CT molecular complexity index is 801. The number of carbonyl (C=O) groups is 1. The summed E-state index contributed by atoms with van der Waals surface area (Å²) in [5.74, 6) is 0.152. The lowest BCUT2D eigenvalue weighted by Crippen LogP contribution is -2.43. The number of hydrogen-bond acceptors (Lipinski definition) is 3. The maximum absolute atomic E-state index is 13.7. The minimum absolute atomic E-state index is 0.0729. The van der Waals surface area contributed by atoms with Crippen LogP contribution in [0.4, 0.5) is 4.39 Å². The van der Waals surface area contributed by atoms with Crippen LogP contribution in [0, 0.1) is 11.7 Å². The van der Waals surface area contributed by atoms with Gasteiger partial charge in [-0.05, 0) is 48.6 Å². The molecule has 1 amide bonds. The van der Waals surface area contributed by atoms with Crippen LogP contribution in [0.2, 0.25) is 5.02 Å². The first-order valence-corrected chi connectivity index (χ1v) is 9.35. The fourth-order valence-electron chi connectivity index (χ4n) is 4.09. The van der Waals surface area contributed by atoms with Gasteiger partial charge in [-0.3, -0.25) is 14.7 Å². The van der Waals surface area contributed by atoms with Crippen molar-refractivity contribution in [2.45, 2.75) is 25.4 Å². The zero-order valence-corrected chi connectivity index (χ0v) is 15.2. The fourth-order valence-corrected chi connectivity index (χ4v) is 4.21. The normalized spacial score (nSPS) is 23.1. The van der Waals surface area contributed by atoms with E-state index in [1.807, 2.05) is 11.0 Å². The number of hydrogen-bond donors (Lipinski definition) is 0. The van der Waals surface area contributed by atoms with Crippen molar-refractivity contribution in [1.29, 1.82) is 0 Å². The summed E-state index contributed by atoms with van der Waals surface area (Å²) in [6.45, 7) is 3.12. The smallest absolute Gasteiger partial charge is 0.254 e. The van der Waals surface area contributed by atoms with Gasteiger partial charge in [-0.15, -0.1) is 0 Å². The molecule has 3 aliphatic heterocycles.